The Kier molecular flexibility index (Phi) is 1.32. The van der Waals surface area contributed by atoms with Gasteiger partial charge in [0.1, 0.15) is 0 Å². The molecule has 0 aromatic rings. The van der Waals surface area contributed by atoms with E-state index in [1.165, 1.54) is 12.3 Å². The molecule has 9 heavy (non-hydrogen) atoms. The molecule has 1 aliphatic heterocycles. The number of nitrogens with one attached hydrogen (secondary N) is 1. The van der Waals surface area contributed by atoms with Gasteiger partial charge in [0.2, 0.25) is 5.88 Å². The second kappa shape index (κ2) is 1.99. The van der Waals surface area contributed by atoms with E-state index in [0.717, 1.165) is 5.57 Å². The molecule has 4 heteroatoms. The lowest BCUT2D eigenvalue weighted by Crippen LogP contribution is -2.31. The summed E-state index contributed by atoms with van der Waals surface area (Å²) in [6.45, 7) is 1.76. The van der Waals surface area contributed by atoms with Crippen LogP contribution in [0.3, 0.4) is 0 Å². The summed E-state index contributed by atoms with van der Waals surface area (Å²) < 4.78 is 0. The number of rotatable bonds is 0. The van der Waals surface area contributed by atoms with Crippen molar-refractivity contribution in [1.29, 1.82) is 0 Å². The molecule has 0 saturated heterocycles. The molecule has 0 atom stereocenters. The highest BCUT2D eigenvalue weighted by molar-refractivity contribution is 5.19. The van der Waals surface area contributed by atoms with Gasteiger partial charge in [-0.25, -0.2) is 5.43 Å². The van der Waals surface area contributed by atoms with Crippen molar-refractivity contribution in [3.63, 3.8) is 0 Å². The van der Waals surface area contributed by atoms with E-state index in [9.17, 15) is 0 Å². The third-order valence-corrected chi connectivity index (χ3v) is 0.919. The van der Waals surface area contributed by atoms with E-state index >= 15 is 0 Å². The average Bonchev–Trinajstić information content (AvgIpc) is 1.59. The first-order valence-electron chi connectivity index (χ1n) is 2.52. The molecule has 0 spiro atoms. The number of aliphatic hydroxyl groups excluding tert-OH is 1. The molecule has 1 heterocycles. The quantitative estimate of drug-likeness (QED) is 0.444. The lowest BCUT2D eigenvalue weighted by molar-refractivity contribution is -0.0916. The minimum Gasteiger partial charge on any atom is -0.494 e. The van der Waals surface area contributed by atoms with Gasteiger partial charge in [-0.2, -0.15) is 5.17 Å². The first-order chi connectivity index (χ1) is 4.18. The molecule has 1 rings (SSSR count). The molecule has 1 aliphatic rings. The number of allylic oxidation sites excluding steroid dienone is 2. The highest BCUT2D eigenvalue weighted by atomic mass is 16.5. The minimum absolute atomic E-state index is 0.0579. The zero-order chi connectivity index (χ0) is 6.85. The van der Waals surface area contributed by atoms with Crippen LogP contribution in [-0.4, -0.2) is 15.5 Å². The largest absolute Gasteiger partial charge is 0.494 e. The van der Waals surface area contributed by atoms with Crippen LogP contribution in [0.1, 0.15) is 6.92 Å². The van der Waals surface area contributed by atoms with Crippen molar-refractivity contribution in [2.45, 2.75) is 6.92 Å². The molecule has 0 bridgehead atoms. The number of hydroxylamine groups is 1. The molecule has 0 fully saturated rings. The average molecular weight is 128 g/mol. The fraction of sp³-hybridized carbons (Fsp3) is 0.200. The normalized spacial score (nSPS) is 18.2. The van der Waals surface area contributed by atoms with Crippen LogP contribution in [0.25, 0.3) is 0 Å². The topological polar surface area (TPSA) is 55.7 Å². The lowest BCUT2D eigenvalue weighted by Gasteiger charge is -2.17. The maximum atomic E-state index is 8.76. The molecule has 3 N–H and O–H groups in total. The second-order valence-electron chi connectivity index (χ2n) is 1.86. The van der Waals surface area contributed by atoms with Crippen LogP contribution < -0.4 is 5.43 Å². The van der Waals surface area contributed by atoms with E-state index in [4.69, 9.17) is 10.3 Å². The Morgan fingerprint density at radius 2 is 2.33 bits per heavy atom. The summed E-state index contributed by atoms with van der Waals surface area (Å²) in [4.78, 5) is 0. The van der Waals surface area contributed by atoms with Crippen molar-refractivity contribution in [2.24, 2.45) is 0 Å². The van der Waals surface area contributed by atoms with Gasteiger partial charge >= 0.3 is 0 Å². The first-order valence-corrected chi connectivity index (χ1v) is 2.52. The highest BCUT2D eigenvalue weighted by Gasteiger charge is 2.02. The molecule has 50 valence electrons. The molecule has 0 unspecified atom stereocenters. The molecule has 4 nitrogen and oxygen atoms in total. The van der Waals surface area contributed by atoms with Gasteiger partial charge in [0.25, 0.3) is 0 Å². The number of aliphatic hydroxyl groups is 1. The molecule has 0 radical (unpaired) electrons. The Morgan fingerprint density at radius 1 is 1.67 bits per heavy atom. The Balaban J connectivity index is 2.74. The van der Waals surface area contributed by atoms with Gasteiger partial charge in [-0.1, -0.05) is 0 Å². The molecular formula is C5H8N2O2. The first kappa shape index (κ1) is 5.97. The van der Waals surface area contributed by atoms with Crippen LogP contribution in [-0.2, 0) is 0 Å². The molecular weight excluding hydrogens is 120 g/mol. The molecule has 0 aromatic carbocycles. The predicted molar refractivity (Wildman–Crippen MR) is 31.2 cm³/mol. The summed E-state index contributed by atoms with van der Waals surface area (Å²) >= 11 is 0. The lowest BCUT2D eigenvalue weighted by atomic mass is 10.3. The van der Waals surface area contributed by atoms with E-state index in [0.29, 0.717) is 5.17 Å². The predicted octanol–water partition coefficient (Wildman–Crippen LogP) is 0.499. The van der Waals surface area contributed by atoms with E-state index in [2.05, 4.69) is 5.43 Å². The summed E-state index contributed by atoms with van der Waals surface area (Å²) in [5.74, 6) is -0.0579. The van der Waals surface area contributed by atoms with Crippen molar-refractivity contribution in [1.82, 2.24) is 10.6 Å². The van der Waals surface area contributed by atoms with Crippen LogP contribution in [0.2, 0.25) is 0 Å². The van der Waals surface area contributed by atoms with E-state index < -0.39 is 0 Å². The Morgan fingerprint density at radius 3 is 2.78 bits per heavy atom. The van der Waals surface area contributed by atoms with Crippen molar-refractivity contribution in [3.8, 4) is 0 Å². The van der Waals surface area contributed by atoms with Gasteiger partial charge in [0.15, 0.2) is 0 Å². The van der Waals surface area contributed by atoms with Gasteiger partial charge in [0.05, 0.1) is 6.20 Å². The van der Waals surface area contributed by atoms with Crippen LogP contribution in [0.15, 0.2) is 23.7 Å². The van der Waals surface area contributed by atoms with Crippen LogP contribution in [0, 0.1) is 0 Å². The fourth-order valence-corrected chi connectivity index (χ4v) is 0.628. The third-order valence-electron chi connectivity index (χ3n) is 0.919. The van der Waals surface area contributed by atoms with Gasteiger partial charge in [-0.3, -0.25) is 5.21 Å². The standard InChI is InChI=1S/C5H8N2O2/c1-4-2-5(8)6-7(9)3-4/h2-3,6,8-9H,1H3. The Labute approximate surface area is 52.6 Å². The smallest absolute Gasteiger partial charge is 0.205 e. The Bertz CT molecular complexity index is 174. The monoisotopic (exact) mass is 128 g/mol. The van der Waals surface area contributed by atoms with E-state index in [1.807, 2.05) is 0 Å². The van der Waals surface area contributed by atoms with Gasteiger partial charge in [-0.15, -0.1) is 0 Å². The summed E-state index contributed by atoms with van der Waals surface area (Å²) in [6.07, 6.45) is 2.95. The molecule has 0 amide bonds. The maximum absolute atomic E-state index is 8.76. The van der Waals surface area contributed by atoms with Crippen molar-refractivity contribution < 1.29 is 10.3 Å². The van der Waals surface area contributed by atoms with E-state index in [-0.39, 0.29) is 5.88 Å². The molecule has 0 saturated carbocycles. The number of hydrogen-bond donors (Lipinski definition) is 3. The molecule has 0 aromatic heterocycles. The van der Waals surface area contributed by atoms with Crippen LogP contribution >= 0.6 is 0 Å². The minimum atomic E-state index is -0.0579. The highest BCUT2D eigenvalue weighted by Crippen LogP contribution is 2.03. The maximum Gasteiger partial charge on any atom is 0.205 e. The number of hydrogen-bond acceptors (Lipinski definition) is 4. The third kappa shape index (κ3) is 1.36. The van der Waals surface area contributed by atoms with Crippen molar-refractivity contribution in [3.05, 3.63) is 23.7 Å². The van der Waals surface area contributed by atoms with Gasteiger partial charge < -0.3 is 5.11 Å². The zero-order valence-corrected chi connectivity index (χ0v) is 5.00. The SMILES string of the molecule is CC1=CN(O)NC(O)=C1. The fourth-order valence-electron chi connectivity index (χ4n) is 0.628. The summed E-state index contributed by atoms with van der Waals surface area (Å²) in [6, 6.07) is 0. The van der Waals surface area contributed by atoms with Gasteiger partial charge in [-0.05, 0) is 12.5 Å². The summed E-state index contributed by atoms with van der Waals surface area (Å²) in [5, 5.41) is 18.2. The molecule has 0 aliphatic carbocycles. The Hall–Kier alpha value is -1.16. The van der Waals surface area contributed by atoms with Crippen LogP contribution in [0.4, 0.5) is 0 Å². The van der Waals surface area contributed by atoms with E-state index in [1.54, 1.807) is 6.92 Å². The zero-order valence-electron chi connectivity index (χ0n) is 5.00. The van der Waals surface area contributed by atoms with Crippen LogP contribution in [0.5, 0.6) is 0 Å². The summed E-state index contributed by atoms with van der Waals surface area (Å²) in [5.41, 5.74) is 3.02. The summed E-state index contributed by atoms with van der Waals surface area (Å²) in [7, 11) is 0. The number of nitrogens with zero attached hydrogens (tertiary/aromatic N) is 1. The van der Waals surface area contributed by atoms with Gasteiger partial charge in [0, 0.05) is 6.08 Å². The second-order valence-corrected chi connectivity index (χ2v) is 1.86. The van der Waals surface area contributed by atoms with Crippen molar-refractivity contribution >= 4 is 0 Å². The van der Waals surface area contributed by atoms with Crippen molar-refractivity contribution in [2.75, 3.05) is 0 Å². The number of hydrazine groups is 1.